The molecule has 2 rings (SSSR count). The van der Waals surface area contributed by atoms with Crippen LogP contribution in [0, 0.1) is 6.92 Å². The van der Waals surface area contributed by atoms with E-state index in [2.05, 4.69) is 0 Å². The van der Waals surface area contributed by atoms with Crippen LogP contribution in [0.4, 0.5) is 0 Å². The number of rotatable bonds is 4. The Kier molecular flexibility index (Phi) is 3.57. The minimum atomic E-state index is -1.02. The van der Waals surface area contributed by atoms with Crippen LogP contribution in [0.25, 0.3) is 0 Å². The fourth-order valence-electron chi connectivity index (χ4n) is 1.98. The van der Waals surface area contributed by atoms with Crippen molar-refractivity contribution in [3.05, 3.63) is 45.4 Å². The normalized spacial score (nSPS) is 12.4. The van der Waals surface area contributed by atoms with Gasteiger partial charge in [-0.15, -0.1) is 11.3 Å². The van der Waals surface area contributed by atoms with E-state index in [1.807, 2.05) is 26.0 Å². The summed E-state index contributed by atoms with van der Waals surface area (Å²) in [7, 11) is 0. The van der Waals surface area contributed by atoms with Gasteiger partial charge in [0.15, 0.2) is 5.78 Å². The molecule has 2 aromatic rings. The number of nitrogens with zero attached hydrogens (tertiary/aromatic N) is 1. The molecule has 2 aromatic heterocycles. The Hall–Kier alpha value is -1.88. The molecule has 1 unspecified atom stereocenters. The maximum Gasteiger partial charge on any atom is 0.352 e. The molecule has 1 atom stereocenters. The summed E-state index contributed by atoms with van der Waals surface area (Å²) in [5, 5.41) is 9.23. The van der Waals surface area contributed by atoms with Crippen molar-refractivity contribution in [2.75, 3.05) is 0 Å². The van der Waals surface area contributed by atoms with Gasteiger partial charge in [0.25, 0.3) is 0 Å². The maximum atomic E-state index is 11.4. The molecule has 19 heavy (non-hydrogen) atoms. The molecule has 1 N–H and O–H groups in total. The van der Waals surface area contributed by atoms with Crippen molar-refractivity contribution >= 4 is 23.1 Å². The molecule has 2 heterocycles. The van der Waals surface area contributed by atoms with Crippen LogP contribution in [0.15, 0.2) is 24.4 Å². The van der Waals surface area contributed by atoms with Gasteiger partial charge >= 0.3 is 5.97 Å². The van der Waals surface area contributed by atoms with Gasteiger partial charge in [0.1, 0.15) is 5.69 Å². The summed E-state index contributed by atoms with van der Waals surface area (Å²) in [6.07, 6.45) is 1.62. The molecule has 0 amide bonds. The summed E-state index contributed by atoms with van der Waals surface area (Å²) in [5.74, 6) is -1.15. The third-order valence-electron chi connectivity index (χ3n) is 3.06. The van der Waals surface area contributed by atoms with Crippen molar-refractivity contribution in [3.8, 4) is 0 Å². The van der Waals surface area contributed by atoms with Crippen LogP contribution in [-0.2, 0) is 0 Å². The third-order valence-corrected chi connectivity index (χ3v) is 4.24. The molecule has 0 spiro atoms. The number of carboxylic acid groups (broad SMARTS) is 1. The van der Waals surface area contributed by atoms with Gasteiger partial charge in [0.05, 0.1) is 6.04 Å². The van der Waals surface area contributed by atoms with E-state index < -0.39 is 5.97 Å². The summed E-state index contributed by atoms with van der Waals surface area (Å²) >= 11 is 1.63. The predicted molar refractivity (Wildman–Crippen MR) is 74.3 cm³/mol. The number of aromatic carboxylic acids is 1. The van der Waals surface area contributed by atoms with E-state index in [0.717, 1.165) is 4.88 Å². The lowest BCUT2D eigenvalue weighted by molar-refractivity contribution is 0.0684. The number of ketones is 1. The van der Waals surface area contributed by atoms with E-state index in [1.54, 1.807) is 22.1 Å². The Labute approximate surface area is 115 Å². The number of carbonyl (C=O) groups is 2. The molecule has 0 fully saturated rings. The third kappa shape index (κ3) is 2.61. The first-order chi connectivity index (χ1) is 8.90. The molecule has 0 aromatic carbocycles. The number of carboxylic acids is 1. The SMILES string of the molecule is CC(=O)c1cc(C(=O)O)n(C(C)c2ccc(C)s2)c1. The Morgan fingerprint density at radius 1 is 1.37 bits per heavy atom. The Morgan fingerprint density at radius 2 is 2.05 bits per heavy atom. The van der Waals surface area contributed by atoms with Gasteiger partial charge in [-0.25, -0.2) is 4.79 Å². The zero-order valence-corrected chi connectivity index (χ0v) is 11.8. The number of Topliss-reactive ketones (excluding diaryl/α,β-unsaturated/α-hetero) is 1. The molecule has 0 saturated carbocycles. The molecule has 0 aliphatic carbocycles. The van der Waals surface area contributed by atoms with Crippen molar-refractivity contribution in [2.45, 2.75) is 26.8 Å². The summed E-state index contributed by atoms with van der Waals surface area (Å²) in [5.41, 5.74) is 0.571. The lowest BCUT2D eigenvalue weighted by atomic mass is 10.2. The zero-order valence-electron chi connectivity index (χ0n) is 11.0. The van der Waals surface area contributed by atoms with E-state index >= 15 is 0 Å². The van der Waals surface area contributed by atoms with E-state index in [-0.39, 0.29) is 17.5 Å². The second-order valence-corrected chi connectivity index (χ2v) is 5.83. The second-order valence-electron chi connectivity index (χ2n) is 4.51. The average molecular weight is 277 g/mol. The van der Waals surface area contributed by atoms with Crippen molar-refractivity contribution in [1.29, 1.82) is 0 Å². The number of aryl methyl sites for hydroxylation is 1. The molecule has 0 bridgehead atoms. The van der Waals surface area contributed by atoms with Crippen molar-refractivity contribution in [1.82, 2.24) is 4.57 Å². The van der Waals surface area contributed by atoms with Gasteiger partial charge in [0.2, 0.25) is 0 Å². The van der Waals surface area contributed by atoms with Crippen LogP contribution in [-0.4, -0.2) is 21.4 Å². The van der Waals surface area contributed by atoms with E-state index in [0.29, 0.717) is 5.56 Å². The second kappa shape index (κ2) is 5.01. The van der Waals surface area contributed by atoms with E-state index in [4.69, 9.17) is 0 Å². The zero-order chi connectivity index (χ0) is 14.2. The predicted octanol–water partition coefficient (Wildman–Crippen LogP) is 3.37. The number of thiophene rings is 1. The number of hydrogen-bond donors (Lipinski definition) is 1. The van der Waals surface area contributed by atoms with Gasteiger partial charge in [-0.1, -0.05) is 0 Å². The highest BCUT2D eigenvalue weighted by molar-refractivity contribution is 7.12. The fourth-order valence-corrected chi connectivity index (χ4v) is 2.91. The van der Waals surface area contributed by atoms with Crippen molar-refractivity contribution < 1.29 is 14.7 Å². The van der Waals surface area contributed by atoms with E-state index in [1.165, 1.54) is 17.9 Å². The highest BCUT2D eigenvalue weighted by Gasteiger charge is 2.20. The summed E-state index contributed by atoms with van der Waals surface area (Å²) < 4.78 is 1.64. The van der Waals surface area contributed by atoms with Crippen LogP contribution < -0.4 is 0 Å². The fraction of sp³-hybridized carbons (Fsp3) is 0.286. The lowest BCUT2D eigenvalue weighted by Crippen LogP contribution is -2.11. The monoisotopic (exact) mass is 277 g/mol. The highest BCUT2D eigenvalue weighted by atomic mass is 32.1. The minimum absolute atomic E-state index is 0.0992. The standard InChI is InChI=1S/C14H15NO3S/c1-8-4-5-13(19-8)9(2)15-7-11(10(3)16)6-12(15)14(17)18/h4-7,9H,1-3H3,(H,17,18). The van der Waals surface area contributed by atoms with Gasteiger partial charge in [0, 0.05) is 21.5 Å². The van der Waals surface area contributed by atoms with E-state index in [9.17, 15) is 14.7 Å². The maximum absolute atomic E-state index is 11.4. The first-order valence-electron chi connectivity index (χ1n) is 5.92. The van der Waals surface area contributed by atoms with Crippen LogP contribution in [0.3, 0.4) is 0 Å². The lowest BCUT2D eigenvalue weighted by Gasteiger charge is -2.14. The molecule has 5 heteroatoms. The largest absolute Gasteiger partial charge is 0.477 e. The minimum Gasteiger partial charge on any atom is -0.477 e. The smallest absolute Gasteiger partial charge is 0.352 e. The Balaban J connectivity index is 2.48. The molecular weight excluding hydrogens is 262 g/mol. The number of hydrogen-bond acceptors (Lipinski definition) is 3. The first kappa shape index (κ1) is 13.5. The summed E-state index contributed by atoms with van der Waals surface area (Å²) in [6.45, 7) is 5.38. The van der Waals surface area contributed by atoms with Crippen LogP contribution in [0.5, 0.6) is 0 Å². The molecular formula is C14H15NO3S. The van der Waals surface area contributed by atoms with Gasteiger partial charge < -0.3 is 9.67 Å². The number of carbonyl (C=O) groups excluding carboxylic acids is 1. The molecule has 0 radical (unpaired) electrons. The van der Waals surface area contributed by atoms with Gasteiger partial charge in [-0.2, -0.15) is 0 Å². The Morgan fingerprint density at radius 3 is 2.53 bits per heavy atom. The van der Waals surface area contributed by atoms with Gasteiger partial charge in [-0.05, 0) is 39.0 Å². The molecule has 0 aliphatic heterocycles. The molecule has 4 nitrogen and oxygen atoms in total. The summed E-state index contributed by atoms with van der Waals surface area (Å²) in [4.78, 5) is 24.9. The molecule has 0 saturated heterocycles. The molecule has 100 valence electrons. The van der Waals surface area contributed by atoms with Crippen LogP contribution >= 0.6 is 11.3 Å². The quantitative estimate of drug-likeness (QED) is 0.872. The summed E-state index contributed by atoms with van der Waals surface area (Å²) in [6, 6.07) is 5.33. The van der Waals surface area contributed by atoms with Crippen LogP contribution in [0.1, 0.15) is 50.5 Å². The Bertz CT molecular complexity index is 639. The number of aromatic nitrogens is 1. The van der Waals surface area contributed by atoms with Crippen molar-refractivity contribution in [2.24, 2.45) is 0 Å². The highest BCUT2D eigenvalue weighted by Crippen LogP contribution is 2.28. The van der Waals surface area contributed by atoms with Crippen molar-refractivity contribution in [3.63, 3.8) is 0 Å². The topological polar surface area (TPSA) is 59.3 Å². The van der Waals surface area contributed by atoms with Crippen LogP contribution in [0.2, 0.25) is 0 Å². The molecule has 0 aliphatic rings. The average Bonchev–Trinajstić information content (AvgIpc) is 2.93. The van der Waals surface area contributed by atoms with Gasteiger partial charge in [-0.3, -0.25) is 4.79 Å². The first-order valence-corrected chi connectivity index (χ1v) is 6.74.